The number of hydrogen-bond acceptors (Lipinski definition) is 4. The Balaban J connectivity index is 1.80. The van der Waals surface area contributed by atoms with Crippen LogP contribution in [0.25, 0.3) is 0 Å². The Hall–Kier alpha value is -3.81. The molecule has 0 aliphatic carbocycles. The van der Waals surface area contributed by atoms with Gasteiger partial charge in [-0.2, -0.15) is 0 Å². The predicted octanol–water partition coefficient (Wildman–Crippen LogP) is 3.20. The lowest BCUT2D eigenvalue weighted by Crippen LogP contribution is -2.29. The summed E-state index contributed by atoms with van der Waals surface area (Å²) < 4.78 is 14.3. The van der Waals surface area contributed by atoms with E-state index in [1.54, 1.807) is 18.2 Å². The number of hydrogen-bond donors (Lipinski definition) is 1. The number of aromatic nitrogens is 1. The summed E-state index contributed by atoms with van der Waals surface area (Å²) in [6.45, 7) is 0.161. The van der Waals surface area contributed by atoms with E-state index in [1.807, 2.05) is 0 Å². The number of carbonyl (C=O) groups excluding carboxylic acids is 1. The summed E-state index contributed by atoms with van der Waals surface area (Å²) in [4.78, 5) is 35.1. The van der Waals surface area contributed by atoms with Crippen LogP contribution in [0.15, 0.2) is 71.7 Å². The van der Waals surface area contributed by atoms with Gasteiger partial charge in [0.1, 0.15) is 11.4 Å². The smallest absolute Gasteiger partial charge is 0.269 e. The predicted molar refractivity (Wildman–Crippen MR) is 97.3 cm³/mol. The van der Waals surface area contributed by atoms with Crippen LogP contribution in [-0.4, -0.2) is 15.4 Å². The van der Waals surface area contributed by atoms with E-state index < -0.39 is 22.2 Å². The molecule has 0 spiro atoms. The molecule has 27 heavy (non-hydrogen) atoms. The van der Waals surface area contributed by atoms with Crippen molar-refractivity contribution >= 4 is 17.3 Å². The highest BCUT2D eigenvalue weighted by Gasteiger charge is 2.13. The number of amides is 1. The Labute approximate surface area is 152 Å². The monoisotopic (exact) mass is 367 g/mol. The zero-order chi connectivity index (χ0) is 19.4. The summed E-state index contributed by atoms with van der Waals surface area (Å²) in [5, 5.41) is 13.2. The molecule has 1 N–H and O–H groups in total. The van der Waals surface area contributed by atoms with Gasteiger partial charge >= 0.3 is 0 Å². The van der Waals surface area contributed by atoms with Crippen LogP contribution in [0.2, 0.25) is 0 Å². The summed E-state index contributed by atoms with van der Waals surface area (Å²) in [7, 11) is 0. The summed E-state index contributed by atoms with van der Waals surface area (Å²) >= 11 is 0. The molecule has 0 atom stereocenters. The highest BCUT2D eigenvalue weighted by Crippen LogP contribution is 2.13. The Morgan fingerprint density at radius 3 is 2.37 bits per heavy atom. The van der Waals surface area contributed by atoms with E-state index in [-0.39, 0.29) is 17.8 Å². The van der Waals surface area contributed by atoms with E-state index in [0.717, 1.165) is 0 Å². The maximum absolute atomic E-state index is 12.9. The number of non-ortho nitro benzene ring substituents is 1. The molecule has 1 amide bonds. The average molecular weight is 367 g/mol. The Morgan fingerprint density at radius 2 is 1.74 bits per heavy atom. The molecule has 0 unspecified atom stereocenters. The highest BCUT2D eigenvalue weighted by molar-refractivity contribution is 6.03. The van der Waals surface area contributed by atoms with Crippen LogP contribution in [0.1, 0.15) is 15.9 Å². The first-order chi connectivity index (χ1) is 12.9. The summed E-state index contributed by atoms with van der Waals surface area (Å²) in [5.41, 5.74) is 0.433. The second-order valence-corrected chi connectivity index (χ2v) is 5.74. The minimum Gasteiger partial charge on any atom is -0.322 e. The number of halogens is 1. The lowest BCUT2D eigenvalue weighted by atomic mass is 10.2. The number of nitrogens with one attached hydrogen (secondary N) is 1. The number of anilines is 1. The first kappa shape index (κ1) is 18.0. The molecule has 7 nitrogen and oxygen atoms in total. The quantitative estimate of drug-likeness (QED) is 0.553. The highest BCUT2D eigenvalue weighted by atomic mass is 19.1. The fourth-order valence-corrected chi connectivity index (χ4v) is 2.49. The summed E-state index contributed by atoms with van der Waals surface area (Å²) in [6, 6.07) is 14.0. The van der Waals surface area contributed by atoms with Gasteiger partial charge in [0.2, 0.25) is 0 Å². The van der Waals surface area contributed by atoms with Crippen LogP contribution in [0, 0.1) is 15.9 Å². The summed E-state index contributed by atoms with van der Waals surface area (Å²) in [5.74, 6) is -1.04. The molecular formula is C19H14FN3O4. The first-order valence-corrected chi connectivity index (χ1v) is 7.94. The van der Waals surface area contributed by atoms with Crippen LogP contribution < -0.4 is 10.9 Å². The fourth-order valence-electron chi connectivity index (χ4n) is 2.49. The van der Waals surface area contributed by atoms with E-state index in [4.69, 9.17) is 0 Å². The molecule has 0 saturated carbocycles. The van der Waals surface area contributed by atoms with Gasteiger partial charge in [0.05, 0.1) is 11.5 Å². The van der Waals surface area contributed by atoms with Gasteiger partial charge in [0.25, 0.3) is 17.2 Å². The van der Waals surface area contributed by atoms with Crippen molar-refractivity contribution in [3.05, 3.63) is 104 Å². The number of nitro benzene ring substituents is 1. The number of rotatable bonds is 5. The maximum atomic E-state index is 12.9. The average Bonchev–Trinajstić information content (AvgIpc) is 2.65. The molecular weight excluding hydrogens is 353 g/mol. The van der Waals surface area contributed by atoms with Crippen molar-refractivity contribution in [3.63, 3.8) is 0 Å². The molecule has 0 bridgehead atoms. The van der Waals surface area contributed by atoms with Crippen LogP contribution >= 0.6 is 0 Å². The number of carbonyl (C=O) groups is 1. The Kier molecular flexibility index (Phi) is 5.07. The van der Waals surface area contributed by atoms with Gasteiger partial charge in [-0.3, -0.25) is 19.7 Å². The topological polar surface area (TPSA) is 94.2 Å². The minimum absolute atomic E-state index is 0.0430. The van der Waals surface area contributed by atoms with Crippen molar-refractivity contribution < 1.29 is 14.1 Å². The second kappa shape index (κ2) is 7.61. The maximum Gasteiger partial charge on any atom is 0.269 e. The molecule has 0 aliphatic rings. The second-order valence-electron chi connectivity index (χ2n) is 5.74. The lowest BCUT2D eigenvalue weighted by Gasteiger charge is -2.09. The van der Waals surface area contributed by atoms with E-state index in [2.05, 4.69) is 5.32 Å². The third-order valence-corrected chi connectivity index (χ3v) is 3.87. The van der Waals surface area contributed by atoms with Crippen LogP contribution in [0.4, 0.5) is 15.8 Å². The third kappa shape index (κ3) is 4.24. The zero-order valence-electron chi connectivity index (χ0n) is 14.0. The number of pyridine rings is 1. The van der Waals surface area contributed by atoms with Crippen molar-refractivity contribution in [1.82, 2.24) is 4.57 Å². The van der Waals surface area contributed by atoms with Gasteiger partial charge in [-0.05, 0) is 42.0 Å². The van der Waals surface area contributed by atoms with E-state index in [1.165, 1.54) is 53.2 Å². The lowest BCUT2D eigenvalue weighted by molar-refractivity contribution is -0.384. The van der Waals surface area contributed by atoms with Gasteiger partial charge in [-0.15, -0.1) is 0 Å². The fraction of sp³-hybridized carbons (Fsp3) is 0.0526. The van der Waals surface area contributed by atoms with E-state index in [9.17, 15) is 24.1 Å². The van der Waals surface area contributed by atoms with Crippen LogP contribution in [0.5, 0.6) is 0 Å². The number of nitro groups is 1. The molecule has 8 heteroatoms. The summed E-state index contributed by atoms with van der Waals surface area (Å²) in [6.07, 6.45) is 1.53. The molecule has 3 rings (SSSR count). The molecule has 1 aromatic heterocycles. The van der Waals surface area contributed by atoms with Gasteiger partial charge in [-0.1, -0.05) is 12.1 Å². The molecule has 0 fully saturated rings. The van der Waals surface area contributed by atoms with Crippen LogP contribution in [0.3, 0.4) is 0 Å². The molecule has 0 aliphatic heterocycles. The van der Waals surface area contributed by atoms with Gasteiger partial charge < -0.3 is 9.88 Å². The van der Waals surface area contributed by atoms with Crippen molar-refractivity contribution in [2.75, 3.05) is 5.32 Å². The Morgan fingerprint density at radius 1 is 1.07 bits per heavy atom. The van der Waals surface area contributed by atoms with Gasteiger partial charge in [0.15, 0.2) is 0 Å². The number of benzene rings is 2. The minimum atomic E-state index is -0.607. The van der Waals surface area contributed by atoms with Crippen molar-refractivity contribution in [1.29, 1.82) is 0 Å². The van der Waals surface area contributed by atoms with E-state index >= 15 is 0 Å². The molecule has 136 valence electrons. The van der Waals surface area contributed by atoms with Crippen LogP contribution in [-0.2, 0) is 6.54 Å². The standard InChI is InChI=1S/C19H14FN3O4/c20-14-5-7-15(8-6-14)21-18(24)17-2-1-11-22(19(17)25)12-13-3-9-16(10-4-13)23(26)27/h1-11H,12H2,(H,21,24). The first-order valence-electron chi connectivity index (χ1n) is 7.94. The van der Waals surface area contributed by atoms with Gasteiger partial charge in [0, 0.05) is 24.0 Å². The van der Waals surface area contributed by atoms with Crippen molar-refractivity contribution in [2.24, 2.45) is 0 Å². The molecule has 3 aromatic rings. The Bertz CT molecular complexity index is 1040. The van der Waals surface area contributed by atoms with Crippen molar-refractivity contribution in [3.8, 4) is 0 Å². The zero-order valence-corrected chi connectivity index (χ0v) is 14.0. The molecule has 2 aromatic carbocycles. The molecule has 0 saturated heterocycles. The van der Waals surface area contributed by atoms with E-state index in [0.29, 0.717) is 11.3 Å². The normalized spacial score (nSPS) is 10.4. The third-order valence-electron chi connectivity index (χ3n) is 3.87. The number of nitrogens with zero attached hydrogens (tertiary/aromatic N) is 2. The SMILES string of the molecule is O=C(Nc1ccc(F)cc1)c1cccn(Cc2ccc([N+](=O)[O-])cc2)c1=O. The van der Waals surface area contributed by atoms with Crippen molar-refractivity contribution in [2.45, 2.75) is 6.54 Å². The largest absolute Gasteiger partial charge is 0.322 e. The molecule has 1 heterocycles. The van der Waals surface area contributed by atoms with Gasteiger partial charge in [-0.25, -0.2) is 4.39 Å². The molecule has 0 radical (unpaired) electrons.